The van der Waals surface area contributed by atoms with Gasteiger partial charge in [0.2, 0.25) is 0 Å². The van der Waals surface area contributed by atoms with E-state index in [-0.39, 0.29) is 12.5 Å². The normalized spacial score (nSPS) is 12.4. The third-order valence-electron chi connectivity index (χ3n) is 3.01. The SMILES string of the molecule is CCCCC(CO)COCc1ccc(OC)cc1. The Morgan fingerprint density at radius 3 is 2.50 bits per heavy atom. The number of aliphatic hydroxyl groups excluding tert-OH is 1. The monoisotopic (exact) mass is 252 g/mol. The van der Waals surface area contributed by atoms with Crippen LogP contribution < -0.4 is 4.74 Å². The summed E-state index contributed by atoms with van der Waals surface area (Å²) in [6.07, 6.45) is 3.35. The molecule has 0 heterocycles. The Balaban J connectivity index is 2.26. The van der Waals surface area contributed by atoms with Crippen molar-refractivity contribution in [3.05, 3.63) is 29.8 Å². The van der Waals surface area contributed by atoms with E-state index in [1.54, 1.807) is 7.11 Å². The molecule has 0 bridgehead atoms. The number of aliphatic hydroxyl groups is 1. The summed E-state index contributed by atoms with van der Waals surface area (Å²) < 4.78 is 10.7. The maximum Gasteiger partial charge on any atom is 0.118 e. The Kier molecular flexibility index (Phi) is 7.46. The van der Waals surface area contributed by atoms with Gasteiger partial charge in [-0.25, -0.2) is 0 Å². The molecule has 0 aliphatic rings. The molecule has 1 aromatic carbocycles. The minimum Gasteiger partial charge on any atom is -0.497 e. The third-order valence-corrected chi connectivity index (χ3v) is 3.01. The van der Waals surface area contributed by atoms with E-state index in [9.17, 15) is 5.11 Å². The molecule has 102 valence electrons. The average Bonchev–Trinajstić information content (AvgIpc) is 2.43. The first-order valence-corrected chi connectivity index (χ1v) is 6.61. The molecule has 0 radical (unpaired) electrons. The van der Waals surface area contributed by atoms with Gasteiger partial charge in [-0.15, -0.1) is 0 Å². The zero-order chi connectivity index (χ0) is 13.2. The lowest BCUT2D eigenvalue weighted by Gasteiger charge is -2.14. The number of rotatable bonds is 9. The number of benzene rings is 1. The number of unbranched alkanes of at least 4 members (excludes halogenated alkanes) is 1. The van der Waals surface area contributed by atoms with E-state index >= 15 is 0 Å². The molecule has 3 nitrogen and oxygen atoms in total. The van der Waals surface area contributed by atoms with E-state index in [0.29, 0.717) is 13.2 Å². The van der Waals surface area contributed by atoms with Crippen molar-refractivity contribution in [3.8, 4) is 5.75 Å². The van der Waals surface area contributed by atoms with Crippen LogP contribution in [0.5, 0.6) is 5.75 Å². The lowest BCUT2D eigenvalue weighted by Crippen LogP contribution is -2.13. The summed E-state index contributed by atoms with van der Waals surface area (Å²) in [4.78, 5) is 0. The number of hydrogen-bond donors (Lipinski definition) is 1. The van der Waals surface area contributed by atoms with Crippen molar-refractivity contribution in [2.75, 3.05) is 20.3 Å². The largest absolute Gasteiger partial charge is 0.497 e. The van der Waals surface area contributed by atoms with Crippen molar-refractivity contribution in [2.45, 2.75) is 32.8 Å². The van der Waals surface area contributed by atoms with E-state index in [2.05, 4.69) is 6.92 Å². The molecule has 1 aromatic rings. The van der Waals surface area contributed by atoms with Crippen LogP contribution in [0, 0.1) is 5.92 Å². The highest BCUT2D eigenvalue weighted by Gasteiger charge is 2.07. The molecule has 0 saturated heterocycles. The maximum absolute atomic E-state index is 9.22. The van der Waals surface area contributed by atoms with E-state index < -0.39 is 0 Å². The fraction of sp³-hybridized carbons (Fsp3) is 0.600. The Bertz CT molecular complexity index is 308. The molecule has 1 unspecified atom stereocenters. The molecule has 1 rings (SSSR count). The van der Waals surface area contributed by atoms with Crippen LogP contribution >= 0.6 is 0 Å². The van der Waals surface area contributed by atoms with Crippen molar-refractivity contribution in [2.24, 2.45) is 5.92 Å². The van der Waals surface area contributed by atoms with Crippen LogP contribution in [0.3, 0.4) is 0 Å². The molecule has 3 heteroatoms. The Hall–Kier alpha value is -1.06. The molecule has 1 atom stereocenters. The highest BCUT2D eigenvalue weighted by molar-refractivity contribution is 5.26. The minimum atomic E-state index is 0.211. The summed E-state index contributed by atoms with van der Waals surface area (Å²) in [5.74, 6) is 1.12. The molecule has 0 spiro atoms. The second-order valence-electron chi connectivity index (χ2n) is 4.55. The Morgan fingerprint density at radius 2 is 1.94 bits per heavy atom. The van der Waals surface area contributed by atoms with Crippen molar-refractivity contribution in [1.82, 2.24) is 0 Å². The Labute approximate surface area is 110 Å². The van der Waals surface area contributed by atoms with Gasteiger partial charge in [-0.3, -0.25) is 0 Å². The quantitative estimate of drug-likeness (QED) is 0.734. The summed E-state index contributed by atoms with van der Waals surface area (Å²) >= 11 is 0. The lowest BCUT2D eigenvalue weighted by molar-refractivity contribution is 0.0587. The van der Waals surface area contributed by atoms with E-state index in [0.717, 1.165) is 30.6 Å². The molecule has 0 aliphatic heterocycles. The summed E-state index contributed by atoms with van der Waals surface area (Å²) in [5.41, 5.74) is 1.13. The van der Waals surface area contributed by atoms with Gasteiger partial charge in [-0.2, -0.15) is 0 Å². The second-order valence-corrected chi connectivity index (χ2v) is 4.55. The highest BCUT2D eigenvalue weighted by Crippen LogP contribution is 2.13. The molecule has 18 heavy (non-hydrogen) atoms. The fourth-order valence-electron chi connectivity index (χ4n) is 1.79. The summed E-state index contributed by atoms with van der Waals surface area (Å²) in [6, 6.07) is 7.86. The predicted molar refractivity (Wildman–Crippen MR) is 72.8 cm³/mol. The number of methoxy groups -OCH3 is 1. The molecular formula is C15H24O3. The summed E-state index contributed by atoms with van der Waals surface area (Å²) in [6.45, 7) is 3.59. The van der Waals surface area contributed by atoms with Crippen LogP contribution in [0.2, 0.25) is 0 Å². The lowest BCUT2D eigenvalue weighted by atomic mass is 10.0. The zero-order valence-corrected chi connectivity index (χ0v) is 11.4. The minimum absolute atomic E-state index is 0.211. The van der Waals surface area contributed by atoms with Crippen molar-refractivity contribution >= 4 is 0 Å². The predicted octanol–water partition coefficient (Wildman–Crippen LogP) is 3.01. The van der Waals surface area contributed by atoms with Crippen molar-refractivity contribution in [3.63, 3.8) is 0 Å². The summed E-state index contributed by atoms with van der Waals surface area (Å²) in [5, 5.41) is 9.22. The molecule has 0 fully saturated rings. The Morgan fingerprint density at radius 1 is 1.22 bits per heavy atom. The first-order chi connectivity index (χ1) is 8.80. The fourth-order valence-corrected chi connectivity index (χ4v) is 1.79. The number of hydrogen-bond acceptors (Lipinski definition) is 3. The molecular weight excluding hydrogens is 228 g/mol. The van der Waals surface area contributed by atoms with Gasteiger partial charge >= 0.3 is 0 Å². The van der Waals surface area contributed by atoms with Gasteiger partial charge in [0.1, 0.15) is 5.75 Å². The van der Waals surface area contributed by atoms with Crippen LogP contribution in [-0.4, -0.2) is 25.4 Å². The molecule has 0 saturated carbocycles. The van der Waals surface area contributed by atoms with E-state index in [1.165, 1.54) is 0 Å². The van der Waals surface area contributed by atoms with Crippen molar-refractivity contribution in [1.29, 1.82) is 0 Å². The van der Waals surface area contributed by atoms with Gasteiger partial charge in [-0.1, -0.05) is 31.9 Å². The first kappa shape index (κ1) is 15.0. The first-order valence-electron chi connectivity index (χ1n) is 6.61. The molecule has 1 N–H and O–H groups in total. The van der Waals surface area contributed by atoms with Gasteiger partial charge in [0.15, 0.2) is 0 Å². The topological polar surface area (TPSA) is 38.7 Å². The van der Waals surface area contributed by atoms with Gasteiger partial charge < -0.3 is 14.6 Å². The smallest absolute Gasteiger partial charge is 0.118 e. The zero-order valence-electron chi connectivity index (χ0n) is 11.4. The van der Waals surface area contributed by atoms with Crippen LogP contribution in [-0.2, 0) is 11.3 Å². The summed E-state index contributed by atoms with van der Waals surface area (Å²) in [7, 11) is 1.66. The number of ether oxygens (including phenoxy) is 2. The molecule has 0 aromatic heterocycles. The maximum atomic E-state index is 9.22. The van der Waals surface area contributed by atoms with Gasteiger partial charge in [0.25, 0.3) is 0 Å². The molecule has 0 amide bonds. The molecule has 0 aliphatic carbocycles. The average molecular weight is 252 g/mol. The van der Waals surface area contributed by atoms with Gasteiger partial charge in [0.05, 0.1) is 20.3 Å². The van der Waals surface area contributed by atoms with Crippen LogP contribution in [0.15, 0.2) is 24.3 Å². The van der Waals surface area contributed by atoms with Crippen LogP contribution in [0.4, 0.5) is 0 Å². The van der Waals surface area contributed by atoms with Crippen LogP contribution in [0.25, 0.3) is 0 Å². The van der Waals surface area contributed by atoms with Crippen molar-refractivity contribution < 1.29 is 14.6 Å². The van der Waals surface area contributed by atoms with Gasteiger partial charge in [0, 0.05) is 12.5 Å². The van der Waals surface area contributed by atoms with E-state index in [1.807, 2.05) is 24.3 Å². The highest BCUT2D eigenvalue weighted by atomic mass is 16.5. The van der Waals surface area contributed by atoms with E-state index in [4.69, 9.17) is 9.47 Å². The van der Waals surface area contributed by atoms with Crippen LogP contribution in [0.1, 0.15) is 31.7 Å². The third kappa shape index (κ3) is 5.52. The van der Waals surface area contributed by atoms with Gasteiger partial charge in [-0.05, 0) is 24.1 Å². The second kappa shape index (κ2) is 8.95. The standard InChI is InChI=1S/C15H24O3/c1-3-4-5-14(10-16)12-18-11-13-6-8-15(17-2)9-7-13/h6-9,14,16H,3-5,10-12H2,1-2H3.